The van der Waals surface area contributed by atoms with Crippen molar-refractivity contribution in [1.82, 2.24) is 14.8 Å². The second-order valence-electron chi connectivity index (χ2n) is 10.3. The minimum Gasteiger partial charge on any atom is -0.507 e. The van der Waals surface area contributed by atoms with Crippen molar-refractivity contribution in [2.75, 3.05) is 38.6 Å². The summed E-state index contributed by atoms with van der Waals surface area (Å²) in [5.74, 6) is 1.20. The van der Waals surface area contributed by atoms with Crippen molar-refractivity contribution in [2.24, 2.45) is 0 Å². The van der Waals surface area contributed by atoms with E-state index in [-0.39, 0.29) is 0 Å². The molecule has 0 atom stereocenters. The van der Waals surface area contributed by atoms with Gasteiger partial charge in [-0.15, -0.1) is 0 Å². The van der Waals surface area contributed by atoms with Crippen LogP contribution in [-0.2, 0) is 13.1 Å². The molecule has 2 aliphatic heterocycles. The Morgan fingerprint density at radius 3 is 2.00 bits per heavy atom. The summed E-state index contributed by atoms with van der Waals surface area (Å²) in [7, 11) is 1.68. The van der Waals surface area contributed by atoms with Crippen molar-refractivity contribution in [1.29, 1.82) is 0 Å². The van der Waals surface area contributed by atoms with E-state index in [1.54, 1.807) is 7.11 Å². The van der Waals surface area contributed by atoms with Gasteiger partial charge in [0.05, 0.1) is 23.8 Å². The Kier molecular flexibility index (Phi) is 6.80. The Hall–Kier alpha value is -3.06. The van der Waals surface area contributed by atoms with Gasteiger partial charge in [0, 0.05) is 45.7 Å². The first-order valence-electron chi connectivity index (χ1n) is 13.2. The summed E-state index contributed by atoms with van der Waals surface area (Å²) in [6.45, 7) is 5.83. The zero-order valence-corrected chi connectivity index (χ0v) is 22.0. The minimum atomic E-state index is 0.429. The van der Waals surface area contributed by atoms with Crippen molar-refractivity contribution >= 4 is 44.8 Å². The lowest BCUT2D eigenvalue weighted by atomic mass is 10.0. The normalized spacial score (nSPS) is 16.7. The molecule has 4 aromatic rings. The van der Waals surface area contributed by atoms with Crippen LogP contribution in [0.15, 0.2) is 48.5 Å². The number of ether oxygens (including phenoxy) is 1. The van der Waals surface area contributed by atoms with Gasteiger partial charge in [-0.25, -0.2) is 4.98 Å². The van der Waals surface area contributed by atoms with E-state index in [0.717, 1.165) is 89.3 Å². The Balaban J connectivity index is 1.47. The van der Waals surface area contributed by atoms with Crippen LogP contribution in [0.5, 0.6) is 11.5 Å². The van der Waals surface area contributed by atoms with Gasteiger partial charge in [-0.05, 0) is 100 Å². The molecule has 192 valence electrons. The van der Waals surface area contributed by atoms with E-state index in [0.29, 0.717) is 10.8 Å². The second kappa shape index (κ2) is 10.4. The first-order chi connectivity index (χ1) is 18.1. The van der Waals surface area contributed by atoms with Gasteiger partial charge < -0.3 is 15.2 Å². The van der Waals surface area contributed by atoms with Crippen molar-refractivity contribution in [2.45, 2.75) is 38.8 Å². The van der Waals surface area contributed by atoms with Crippen molar-refractivity contribution in [3.05, 3.63) is 64.7 Å². The molecule has 37 heavy (non-hydrogen) atoms. The number of halogens is 1. The van der Waals surface area contributed by atoms with Crippen molar-refractivity contribution in [3.63, 3.8) is 0 Å². The topological polar surface area (TPSA) is 60.9 Å². The lowest BCUT2D eigenvalue weighted by Gasteiger charge is -2.22. The maximum absolute atomic E-state index is 11.3. The van der Waals surface area contributed by atoms with Gasteiger partial charge in [0.1, 0.15) is 11.5 Å². The zero-order valence-electron chi connectivity index (χ0n) is 21.3. The quantitative estimate of drug-likeness (QED) is 0.211. The number of methoxy groups -OCH3 is 1. The van der Waals surface area contributed by atoms with Gasteiger partial charge in [-0.3, -0.25) is 9.80 Å². The van der Waals surface area contributed by atoms with Gasteiger partial charge >= 0.3 is 0 Å². The number of nitrogens with zero attached hydrogens (tertiary/aromatic N) is 3. The monoisotopic (exact) mass is 516 g/mol. The molecule has 1 aromatic heterocycles. The third-order valence-corrected chi connectivity index (χ3v) is 7.90. The average Bonchev–Trinajstić information content (AvgIpc) is 3.61. The first-order valence-corrected chi connectivity index (χ1v) is 13.6. The maximum atomic E-state index is 11.3. The number of nitrogens with one attached hydrogen (secondary N) is 1. The minimum absolute atomic E-state index is 0.429. The lowest BCUT2D eigenvalue weighted by Crippen LogP contribution is -2.20. The predicted molar refractivity (Wildman–Crippen MR) is 151 cm³/mol. The van der Waals surface area contributed by atoms with E-state index in [4.69, 9.17) is 21.3 Å². The standard InChI is InChI=1S/C30H33ClN4O2/c1-37-24-7-9-28-26(17-24)29(25-16-22(31)6-8-27(25)33-28)32-23-14-20(18-34-10-2-3-11-34)30(36)21(15-23)19-35-12-4-5-13-35/h6-9,14-17,36H,2-5,10-13,18-19H2,1H3,(H,32,33). The van der Waals surface area contributed by atoms with Gasteiger partial charge in [-0.1, -0.05) is 11.6 Å². The van der Waals surface area contributed by atoms with E-state index in [1.807, 2.05) is 36.4 Å². The van der Waals surface area contributed by atoms with Crippen LogP contribution in [0.25, 0.3) is 21.8 Å². The Bertz CT molecular complexity index is 1410. The molecule has 0 spiro atoms. The third kappa shape index (κ3) is 5.06. The highest BCUT2D eigenvalue weighted by atomic mass is 35.5. The smallest absolute Gasteiger partial charge is 0.124 e. The summed E-state index contributed by atoms with van der Waals surface area (Å²) in [6.07, 6.45) is 4.88. The summed E-state index contributed by atoms with van der Waals surface area (Å²) >= 11 is 6.44. The fourth-order valence-electron chi connectivity index (χ4n) is 5.74. The third-order valence-electron chi connectivity index (χ3n) is 7.66. The van der Waals surface area contributed by atoms with Crippen molar-refractivity contribution in [3.8, 4) is 11.5 Å². The molecule has 0 amide bonds. The Morgan fingerprint density at radius 1 is 0.838 bits per heavy atom. The fourth-order valence-corrected chi connectivity index (χ4v) is 5.91. The van der Waals surface area contributed by atoms with Crippen LogP contribution >= 0.6 is 11.6 Å². The molecule has 3 heterocycles. The number of aromatic nitrogens is 1. The van der Waals surface area contributed by atoms with Crippen LogP contribution in [-0.4, -0.2) is 53.2 Å². The molecule has 2 saturated heterocycles. The maximum Gasteiger partial charge on any atom is 0.124 e. The number of pyridine rings is 1. The summed E-state index contributed by atoms with van der Waals surface area (Å²) < 4.78 is 5.54. The van der Waals surface area contributed by atoms with Crippen LogP contribution in [0.2, 0.25) is 5.02 Å². The molecule has 0 bridgehead atoms. The van der Waals surface area contributed by atoms with Gasteiger partial charge in [0.25, 0.3) is 0 Å². The highest BCUT2D eigenvalue weighted by Crippen LogP contribution is 2.38. The molecule has 0 aliphatic carbocycles. The number of fused-ring (bicyclic) bond motifs is 2. The summed E-state index contributed by atoms with van der Waals surface area (Å²) in [4.78, 5) is 9.74. The molecule has 2 fully saturated rings. The van der Waals surface area contributed by atoms with E-state index in [1.165, 1.54) is 25.7 Å². The summed E-state index contributed by atoms with van der Waals surface area (Å²) in [5, 5.41) is 17.6. The van der Waals surface area contributed by atoms with Gasteiger partial charge in [0.2, 0.25) is 0 Å². The first kappa shape index (κ1) is 24.3. The van der Waals surface area contributed by atoms with Crippen LogP contribution in [0.3, 0.4) is 0 Å². The average molecular weight is 517 g/mol. The molecule has 2 N–H and O–H groups in total. The number of phenols is 1. The summed E-state index contributed by atoms with van der Waals surface area (Å²) in [6, 6.07) is 15.9. The molecule has 7 heteroatoms. The molecule has 6 nitrogen and oxygen atoms in total. The number of likely N-dealkylation sites (tertiary alicyclic amines) is 2. The van der Waals surface area contributed by atoms with Gasteiger partial charge in [-0.2, -0.15) is 0 Å². The van der Waals surface area contributed by atoms with E-state index in [9.17, 15) is 5.11 Å². The van der Waals surface area contributed by atoms with E-state index in [2.05, 4.69) is 27.2 Å². The number of hydrogen-bond acceptors (Lipinski definition) is 6. The number of aromatic hydroxyl groups is 1. The van der Waals surface area contributed by atoms with Gasteiger partial charge in [0.15, 0.2) is 0 Å². The SMILES string of the molecule is COc1ccc2nc3ccc(Cl)cc3c(Nc3cc(CN4CCCC4)c(O)c(CN4CCCC4)c3)c2c1. The van der Waals surface area contributed by atoms with Crippen LogP contribution in [0, 0.1) is 0 Å². The Morgan fingerprint density at radius 2 is 1.41 bits per heavy atom. The lowest BCUT2D eigenvalue weighted by molar-refractivity contribution is 0.312. The number of benzene rings is 3. The molecule has 0 saturated carbocycles. The second-order valence-corrected chi connectivity index (χ2v) is 10.7. The van der Waals surface area contributed by atoms with Crippen LogP contribution in [0.1, 0.15) is 36.8 Å². The highest BCUT2D eigenvalue weighted by molar-refractivity contribution is 6.31. The molecule has 6 rings (SSSR count). The molecule has 0 radical (unpaired) electrons. The molecular weight excluding hydrogens is 484 g/mol. The van der Waals surface area contributed by atoms with Crippen molar-refractivity contribution < 1.29 is 9.84 Å². The summed E-state index contributed by atoms with van der Waals surface area (Å²) in [5.41, 5.74) is 5.59. The molecule has 3 aromatic carbocycles. The van der Waals surface area contributed by atoms with Crippen LogP contribution < -0.4 is 10.1 Å². The Labute approximate surface area is 222 Å². The number of phenolic OH excluding ortho intramolecular Hbond substituents is 1. The largest absolute Gasteiger partial charge is 0.507 e. The highest BCUT2D eigenvalue weighted by Gasteiger charge is 2.20. The van der Waals surface area contributed by atoms with Crippen LogP contribution in [0.4, 0.5) is 11.4 Å². The predicted octanol–water partition coefficient (Wildman–Crippen LogP) is 6.69. The molecular formula is C30H33ClN4O2. The zero-order chi connectivity index (χ0) is 25.4. The molecule has 0 unspecified atom stereocenters. The number of anilines is 2. The van der Waals surface area contributed by atoms with E-state index >= 15 is 0 Å². The van der Waals surface area contributed by atoms with E-state index < -0.39 is 0 Å². The fraction of sp³-hybridized carbons (Fsp3) is 0.367. The number of rotatable bonds is 7. The molecule has 2 aliphatic rings. The number of hydrogen-bond donors (Lipinski definition) is 2.